The third-order valence-electron chi connectivity index (χ3n) is 1.04. The summed E-state index contributed by atoms with van der Waals surface area (Å²) in [5, 5.41) is 7.92. The summed E-state index contributed by atoms with van der Waals surface area (Å²) in [6.45, 7) is 0. The molecular formula is C6HClF2N2. The molecule has 0 aliphatic heterocycles. The molecule has 1 aromatic heterocycles. The van der Waals surface area contributed by atoms with Gasteiger partial charge in [0.05, 0.1) is 6.20 Å². The highest BCUT2D eigenvalue weighted by Gasteiger charge is 2.12. The van der Waals surface area contributed by atoms with Gasteiger partial charge in [0.1, 0.15) is 16.8 Å². The van der Waals surface area contributed by atoms with Gasteiger partial charge in [-0.1, -0.05) is 11.6 Å². The van der Waals surface area contributed by atoms with Crippen molar-refractivity contribution in [3.63, 3.8) is 0 Å². The minimum Gasteiger partial charge on any atom is -0.240 e. The summed E-state index contributed by atoms with van der Waals surface area (Å²) in [7, 11) is 0. The number of pyridine rings is 1. The van der Waals surface area contributed by atoms with E-state index in [9.17, 15) is 8.78 Å². The summed E-state index contributed by atoms with van der Waals surface area (Å²) in [6, 6.07) is 1.39. The zero-order chi connectivity index (χ0) is 8.43. The lowest BCUT2D eigenvalue weighted by Crippen LogP contribution is -1.93. The highest BCUT2D eigenvalue weighted by molar-refractivity contribution is 6.30. The number of hydrogen-bond acceptors (Lipinski definition) is 2. The maximum atomic E-state index is 12.5. The van der Waals surface area contributed by atoms with Crippen molar-refractivity contribution in [1.82, 2.24) is 4.98 Å². The molecule has 0 N–H and O–H groups in total. The van der Waals surface area contributed by atoms with E-state index in [1.807, 2.05) is 0 Å². The Labute approximate surface area is 66.0 Å². The monoisotopic (exact) mass is 174 g/mol. The van der Waals surface area contributed by atoms with Gasteiger partial charge in [0.25, 0.3) is 0 Å². The largest absolute Gasteiger partial charge is 0.240 e. The van der Waals surface area contributed by atoms with Crippen LogP contribution in [0.2, 0.25) is 5.15 Å². The van der Waals surface area contributed by atoms with E-state index in [2.05, 4.69) is 4.98 Å². The summed E-state index contributed by atoms with van der Waals surface area (Å²) in [5.41, 5.74) is -0.563. The number of rotatable bonds is 0. The van der Waals surface area contributed by atoms with Crippen LogP contribution < -0.4 is 0 Å². The van der Waals surface area contributed by atoms with Gasteiger partial charge in [-0.25, -0.2) is 13.8 Å². The van der Waals surface area contributed by atoms with Crippen molar-refractivity contribution in [2.45, 2.75) is 0 Å². The lowest BCUT2D eigenvalue weighted by molar-refractivity contribution is 0.501. The topological polar surface area (TPSA) is 36.7 Å². The molecule has 0 atom stereocenters. The van der Waals surface area contributed by atoms with E-state index in [1.54, 1.807) is 0 Å². The quantitative estimate of drug-likeness (QED) is 0.563. The van der Waals surface area contributed by atoms with Crippen LogP contribution in [0.4, 0.5) is 8.78 Å². The fraction of sp³-hybridized carbons (Fsp3) is 0. The molecule has 0 aliphatic carbocycles. The van der Waals surface area contributed by atoms with Gasteiger partial charge in [-0.05, 0) is 0 Å². The second kappa shape index (κ2) is 2.81. The second-order valence-electron chi connectivity index (χ2n) is 1.70. The van der Waals surface area contributed by atoms with Gasteiger partial charge in [-0.15, -0.1) is 0 Å². The van der Waals surface area contributed by atoms with Crippen LogP contribution >= 0.6 is 11.6 Å². The molecule has 5 heteroatoms. The van der Waals surface area contributed by atoms with Crippen molar-refractivity contribution in [3.8, 4) is 6.07 Å². The first-order valence-electron chi connectivity index (χ1n) is 2.56. The van der Waals surface area contributed by atoms with Crippen LogP contribution in [0, 0.1) is 23.0 Å². The fourth-order valence-corrected chi connectivity index (χ4v) is 0.714. The predicted octanol–water partition coefficient (Wildman–Crippen LogP) is 1.88. The number of hydrogen-bond donors (Lipinski definition) is 0. The number of halogens is 3. The van der Waals surface area contributed by atoms with Crippen molar-refractivity contribution in [3.05, 3.63) is 28.5 Å². The molecule has 0 aliphatic rings. The Bertz CT molecular complexity index is 332. The van der Waals surface area contributed by atoms with Gasteiger partial charge >= 0.3 is 0 Å². The molecule has 0 saturated carbocycles. The molecule has 1 rings (SSSR count). The van der Waals surface area contributed by atoms with E-state index in [0.29, 0.717) is 6.20 Å². The molecule has 56 valence electrons. The van der Waals surface area contributed by atoms with Crippen LogP contribution in [0.15, 0.2) is 6.20 Å². The van der Waals surface area contributed by atoms with Crippen LogP contribution in [-0.2, 0) is 0 Å². The van der Waals surface area contributed by atoms with Crippen LogP contribution in [0.3, 0.4) is 0 Å². The highest BCUT2D eigenvalue weighted by Crippen LogP contribution is 2.16. The molecule has 0 unspecified atom stereocenters. The summed E-state index contributed by atoms with van der Waals surface area (Å²) in [5.74, 6) is -2.43. The van der Waals surface area contributed by atoms with E-state index in [0.717, 1.165) is 0 Å². The predicted molar refractivity (Wildman–Crippen MR) is 33.9 cm³/mol. The zero-order valence-electron chi connectivity index (χ0n) is 5.11. The lowest BCUT2D eigenvalue weighted by atomic mass is 10.3. The van der Waals surface area contributed by atoms with Crippen molar-refractivity contribution in [2.75, 3.05) is 0 Å². The third-order valence-corrected chi connectivity index (χ3v) is 1.33. The van der Waals surface area contributed by atoms with Gasteiger partial charge in [-0.2, -0.15) is 5.26 Å². The molecule has 0 bridgehead atoms. The van der Waals surface area contributed by atoms with Gasteiger partial charge in [0, 0.05) is 0 Å². The Balaban J connectivity index is 3.44. The molecular weight excluding hydrogens is 174 g/mol. The molecule has 1 aromatic rings. The first-order chi connectivity index (χ1) is 5.16. The SMILES string of the molecule is N#Cc1c(Cl)ncc(F)c1F. The standard InChI is InChI=1S/C6HClF2N2/c7-6-3(1-10)5(9)4(8)2-11-6/h2H. The van der Waals surface area contributed by atoms with Crippen molar-refractivity contribution < 1.29 is 8.78 Å². The Hall–Kier alpha value is -1.21. The van der Waals surface area contributed by atoms with Crippen LogP contribution in [0.25, 0.3) is 0 Å². The summed E-state index contributed by atoms with van der Waals surface area (Å²) >= 11 is 5.26. The Morgan fingerprint density at radius 2 is 2.18 bits per heavy atom. The molecule has 0 saturated heterocycles. The van der Waals surface area contributed by atoms with Crippen LogP contribution in [-0.4, -0.2) is 4.98 Å². The van der Waals surface area contributed by atoms with Gasteiger partial charge < -0.3 is 0 Å². The number of aromatic nitrogens is 1. The smallest absolute Gasteiger partial charge is 0.181 e. The maximum absolute atomic E-state index is 12.5. The number of nitriles is 1. The van der Waals surface area contributed by atoms with Gasteiger partial charge in [0.15, 0.2) is 11.6 Å². The molecule has 0 fully saturated rings. The lowest BCUT2D eigenvalue weighted by Gasteiger charge is -1.95. The zero-order valence-corrected chi connectivity index (χ0v) is 5.86. The number of nitrogens with zero attached hydrogens (tertiary/aromatic N) is 2. The molecule has 0 spiro atoms. The third kappa shape index (κ3) is 1.28. The van der Waals surface area contributed by atoms with Crippen LogP contribution in [0.5, 0.6) is 0 Å². The maximum Gasteiger partial charge on any atom is 0.181 e. The molecule has 0 amide bonds. The van der Waals surface area contributed by atoms with E-state index in [4.69, 9.17) is 16.9 Å². The van der Waals surface area contributed by atoms with Gasteiger partial charge in [-0.3, -0.25) is 0 Å². The molecule has 0 aromatic carbocycles. The van der Waals surface area contributed by atoms with Crippen molar-refractivity contribution in [1.29, 1.82) is 5.26 Å². The fourth-order valence-electron chi connectivity index (χ4n) is 0.540. The Kier molecular flexibility index (Phi) is 2.01. The second-order valence-corrected chi connectivity index (χ2v) is 2.06. The van der Waals surface area contributed by atoms with Crippen molar-refractivity contribution >= 4 is 11.6 Å². The van der Waals surface area contributed by atoms with E-state index < -0.39 is 17.2 Å². The van der Waals surface area contributed by atoms with Gasteiger partial charge in [0.2, 0.25) is 0 Å². The normalized spacial score (nSPS) is 9.27. The molecule has 11 heavy (non-hydrogen) atoms. The highest BCUT2D eigenvalue weighted by atomic mass is 35.5. The minimum atomic E-state index is -1.26. The summed E-state index contributed by atoms with van der Waals surface area (Å²) < 4.78 is 24.8. The average molecular weight is 175 g/mol. The first kappa shape index (κ1) is 7.89. The van der Waals surface area contributed by atoms with E-state index in [-0.39, 0.29) is 5.15 Å². The minimum absolute atomic E-state index is 0.327. The Morgan fingerprint density at radius 3 is 2.64 bits per heavy atom. The average Bonchev–Trinajstić information content (AvgIpc) is 1.99. The summed E-state index contributed by atoms with van der Waals surface area (Å²) in [4.78, 5) is 3.24. The first-order valence-corrected chi connectivity index (χ1v) is 2.94. The molecule has 0 radical (unpaired) electrons. The van der Waals surface area contributed by atoms with Crippen LogP contribution in [0.1, 0.15) is 5.56 Å². The van der Waals surface area contributed by atoms with E-state index in [1.165, 1.54) is 6.07 Å². The Morgan fingerprint density at radius 1 is 1.55 bits per heavy atom. The summed E-state index contributed by atoms with van der Waals surface area (Å²) in [6.07, 6.45) is 0.624. The molecule has 2 nitrogen and oxygen atoms in total. The molecule has 1 heterocycles. The van der Waals surface area contributed by atoms with Crippen molar-refractivity contribution in [2.24, 2.45) is 0 Å². The van der Waals surface area contributed by atoms with E-state index >= 15 is 0 Å².